The molecule has 5 amide bonds. The third-order valence-corrected chi connectivity index (χ3v) is 10.6. The van der Waals surface area contributed by atoms with Crippen LogP contribution in [0, 0.1) is 0 Å². The molecular weight excluding hydrogens is 917 g/mol. The summed E-state index contributed by atoms with van der Waals surface area (Å²) in [7, 11) is 0. The van der Waals surface area contributed by atoms with Gasteiger partial charge in [0.2, 0.25) is 29.5 Å². The molecule has 0 saturated carbocycles. The lowest BCUT2D eigenvalue weighted by molar-refractivity contribution is -0.142. The largest absolute Gasteiger partial charge is 0.481 e. The Balaban J connectivity index is 3.63. The van der Waals surface area contributed by atoms with Crippen molar-refractivity contribution in [1.29, 1.82) is 0 Å². The fourth-order valence-electron chi connectivity index (χ4n) is 6.72. The van der Waals surface area contributed by atoms with Crippen molar-refractivity contribution in [2.45, 2.75) is 160 Å². The molecule has 3 atom stereocenters. The SMILES string of the molecule is CC(N)C(=O)[C@H](C)NC(=O)COCCOCCNC(=O)COCCOCCNC(=O)COCCOCCNC(=O)CC[C@H](NC(=O)CCCCCCCCCCCCCCCCCCC(=O)O)C(=O)O. The van der Waals surface area contributed by atoms with Crippen LogP contribution in [-0.4, -0.2) is 175 Å². The Morgan fingerprint density at radius 2 is 0.771 bits per heavy atom. The number of ether oxygens (including phenoxy) is 6. The van der Waals surface area contributed by atoms with Crippen molar-refractivity contribution < 1.29 is 77.0 Å². The van der Waals surface area contributed by atoms with E-state index in [2.05, 4.69) is 26.6 Å². The second-order valence-electron chi connectivity index (χ2n) is 17.1. The van der Waals surface area contributed by atoms with Gasteiger partial charge in [-0.15, -0.1) is 0 Å². The third kappa shape index (κ3) is 44.9. The maximum atomic E-state index is 12.4. The van der Waals surface area contributed by atoms with Gasteiger partial charge < -0.3 is 71.0 Å². The van der Waals surface area contributed by atoms with Gasteiger partial charge in [0.25, 0.3) is 0 Å². The van der Waals surface area contributed by atoms with Crippen LogP contribution < -0.4 is 32.3 Å². The lowest BCUT2D eigenvalue weighted by Gasteiger charge is -2.15. The molecule has 0 aliphatic rings. The minimum Gasteiger partial charge on any atom is -0.481 e. The van der Waals surface area contributed by atoms with Crippen molar-refractivity contribution in [1.82, 2.24) is 26.6 Å². The zero-order valence-corrected chi connectivity index (χ0v) is 42.2. The summed E-state index contributed by atoms with van der Waals surface area (Å²) < 4.78 is 31.9. The molecule has 0 rings (SSSR count). The molecule has 0 bridgehead atoms. The Morgan fingerprint density at radius 1 is 0.414 bits per heavy atom. The first-order valence-corrected chi connectivity index (χ1v) is 25.3. The van der Waals surface area contributed by atoms with E-state index in [9.17, 15) is 43.5 Å². The van der Waals surface area contributed by atoms with Gasteiger partial charge in [-0.05, 0) is 33.1 Å². The molecule has 0 fully saturated rings. The third-order valence-electron chi connectivity index (χ3n) is 10.6. The molecule has 0 aliphatic carbocycles. The highest BCUT2D eigenvalue weighted by Gasteiger charge is 2.21. The lowest BCUT2D eigenvalue weighted by Crippen LogP contribution is -2.46. The summed E-state index contributed by atoms with van der Waals surface area (Å²) in [6, 6.07) is -2.52. The van der Waals surface area contributed by atoms with Gasteiger partial charge in [0, 0.05) is 38.9 Å². The monoisotopic (exact) mass is 1000 g/mol. The summed E-state index contributed by atoms with van der Waals surface area (Å²) in [6.07, 6.45) is 18.2. The number of rotatable bonds is 51. The van der Waals surface area contributed by atoms with Crippen LogP contribution in [0.25, 0.3) is 0 Å². The average molecular weight is 1010 g/mol. The van der Waals surface area contributed by atoms with Crippen LogP contribution in [0.3, 0.4) is 0 Å². The number of carbonyl (C=O) groups excluding carboxylic acids is 6. The number of carboxylic acid groups (broad SMARTS) is 2. The van der Waals surface area contributed by atoms with Gasteiger partial charge >= 0.3 is 11.9 Å². The van der Waals surface area contributed by atoms with E-state index < -0.39 is 36.0 Å². The lowest BCUT2D eigenvalue weighted by atomic mass is 10.0. The summed E-state index contributed by atoms with van der Waals surface area (Å²) in [5.41, 5.74) is 5.51. The molecule has 0 saturated heterocycles. The summed E-state index contributed by atoms with van der Waals surface area (Å²) >= 11 is 0. The van der Waals surface area contributed by atoms with Crippen molar-refractivity contribution in [3.05, 3.63) is 0 Å². The molecule has 0 aliphatic heterocycles. The number of hydrogen-bond acceptors (Lipinski definition) is 15. The van der Waals surface area contributed by atoms with Gasteiger partial charge in [-0.2, -0.15) is 0 Å². The van der Waals surface area contributed by atoms with Crippen molar-refractivity contribution in [2.75, 3.05) is 98.9 Å². The highest BCUT2D eigenvalue weighted by atomic mass is 16.5. The van der Waals surface area contributed by atoms with Gasteiger partial charge in [0.15, 0.2) is 5.78 Å². The van der Waals surface area contributed by atoms with E-state index in [0.29, 0.717) is 6.42 Å². The Labute approximate surface area is 415 Å². The van der Waals surface area contributed by atoms with E-state index in [1.54, 1.807) is 13.8 Å². The van der Waals surface area contributed by atoms with Gasteiger partial charge in [-0.1, -0.05) is 89.9 Å². The zero-order chi connectivity index (χ0) is 51.9. The van der Waals surface area contributed by atoms with Crippen LogP contribution in [-0.2, 0) is 66.8 Å². The predicted molar refractivity (Wildman–Crippen MR) is 260 cm³/mol. The molecule has 9 N–H and O–H groups in total. The number of hydrogen-bond donors (Lipinski definition) is 8. The summed E-state index contributed by atoms with van der Waals surface area (Å²) in [5, 5.41) is 31.2. The predicted octanol–water partition coefficient (Wildman–Crippen LogP) is 2.31. The summed E-state index contributed by atoms with van der Waals surface area (Å²) in [5.74, 6) is -3.97. The second-order valence-corrected chi connectivity index (χ2v) is 17.1. The second kappa shape index (κ2) is 47.0. The molecule has 0 aromatic rings. The molecule has 0 aromatic heterocycles. The molecule has 22 heteroatoms. The van der Waals surface area contributed by atoms with Crippen molar-refractivity contribution in [2.24, 2.45) is 5.73 Å². The van der Waals surface area contributed by atoms with Crippen molar-refractivity contribution >= 4 is 47.3 Å². The van der Waals surface area contributed by atoms with E-state index in [0.717, 1.165) is 38.5 Å². The number of aliphatic carboxylic acids is 2. The van der Waals surface area contributed by atoms with Gasteiger partial charge in [-0.25, -0.2) is 4.79 Å². The Kier molecular flexibility index (Phi) is 44.1. The molecule has 0 aromatic carbocycles. The number of unbranched alkanes of at least 4 members (excludes halogenated alkanes) is 15. The zero-order valence-electron chi connectivity index (χ0n) is 42.2. The minimum absolute atomic E-state index is 0.0336. The fraction of sp³-hybridized carbons (Fsp3) is 0.833. The first-order chi connectivity index (χ1) is 33.7. The molecule has 1 unspecified atom stereocenters. The smallest absolute Gasteiger partial charge is 0.326 e. The van der Waals surface area contributed by atoms with Crippen LogP contribution in [0.1, 0.15) is 142 Å². The van der Waals surface area contributed by atoms with Gasteiger partial charge in [0.1, 0.15) is 25.9 Å². The topological polar surface area (TPSA) is 319 Å². The summed E-state index contributed by atoms with van der Waals surface area (Å²) in [6.45, 7) is 4.97. The normalized spacial score (nSPS) is 12.4. The number of amides is 5. The maximum absolute atomic E-state index is 12.4. The first-order valence-electron chi connectivity index (χ1n) is 25.3. The van der Waals surface area contributed by atoms with Crippen LogP contribution in [0.2, 0.25) is 0 Å². The highest BCUT2D eigenvalue weighted by molar-refractivity contribution is 5.92. The average Bonchev–Trinajstić information content (AvgIpc) is 3.31. The molecule has 0 spiro atoms. The van der Waals surface area contributed by atoms with Crippen LogP contribution in [0.4, 0.5) is 0 Å². The quantitative estimate of drug-likeness (QED) is 0.0406. The van der Waals surface area contributed by atoms with Crippen molar-refractivity contribution in [3.63, 3.8) is 0 Å². The number of Topliss-reactive ketones (excluding diaryl/α,β-unsaturated/α-hetero) is 1. The summed E-state index contributed by atoms with van der Waals surface area (Å²) in [4.78, 5) is 94.1. The number of nitrogens with one attached hydrogen (secondary N) is 5. The number of carbonyl (C=O) groups is 8. The fourth-order valence-corrected chi connectivity index (χ4v) is 6.72. The van der Waals surface area contributed by atoms with E-state index in [1.165, 1.54) is 57.8 Å². The minimum atomic E-state index is -1.19. The van der Waals surface area contributed by atoms with E-state index in [4.69, 9.17) is 39.3 Å². The highest BCUT2D eigenvalue weighted by Crippen LogP contribution is 2.14. The molecule has 0 radical (unpaired) electrons. The molecule has 22 nitrogen and oxygen atoms in total. The Morgan fingerprint density at radius 3 is 1.16 bits per heavy atom. The molecule has 0 heterocycles. The van der Waals surface area contributed by atoms with E-state index in [1.807, 2.05) is 0 Å². The standard InChI is InChI=1S/C48H88N6O16/c1-38(49)47(62)39(2)53-45(59)37-70-34-31-67-28-25-52-44(58)36-69-33-30-66-27-24-51-43(57)35-68-32-29-65-26-23-50-41(55)22-21-40(48(63)64)54-42(56)19-17-15-13-11-9-7-5-3-4-6-8-10-12-14-16-18-20-46(60)61/h38-40H,3-37,49H2,1-2H3,(H,50,55)(H,51,57)(H,52,58)(H,53,59)(H,54,56)(H,60,61)(H,63,64)/t38?,39-,40-/m0/s1. The number of nitrogens with two attached hydrogens (primary N) is 1. The van der Waals surface area contributed by atoms with E-state index in [-0.39, 0.29) is 154 Å². The van der Waals surface area contributed by atoms with Gasteiger partial charge in [0.05, 0.1) is 71.5 Å². The van der Waals surface area contributed by atoms with Crippen LogP contribution in [0.15, 0.2) is 0 Å². The molecule has 70 heavy (non-hydrogen) atoms. The Bertz CT molecular complexity index is 1420. The van der Waals surface area contributed by atoms with Crippen LogP contribution >= 0.6 is 0 Å². The first kappa shape index (κ1) is 65.7. The Hall–Kier alpha value is -4.32. The molecular formula is C48H88N6O16. The number of ketones is 1. The van der Waals surface area contributed by atoms with Crippen molar-refractivity contribution in [3.8, 4) is 0 Å². The maximum Gasteiger partial charge on any atom is 0.326 e. The van der Waals surface area contributed by atoms with Crippen LogP contribution in [0.5, 0.6) is 0 Å². The van der Waals surface area contributed by atoms with Gasteiger partial charge in [-0.3, -0.25) is 33.6 Å². The molecule has 406 valence electrons. The number of carboxylic acids is 2. The van der Waals surface area contributed by atoms with E-state index >= 15 is 0 Å².